The molecule has 8 heavy (non-hydrogen) atoms. The zero-order chi connectivity index (χ0) is 6.41. The van der Waals surface area contributed by atoms with E-state index in [2.05, 4.69) is 17.2 Å². The molecule has 0 radical (unpaired) electrons. The molecule has 0 aromatic heterocycles. The Morgan fingerprint density at radius 1 is 1.88 bits per heavy atom. The van der Waals surface area contributed by atoms with Crippen LogP contribution in [0.25, 0.3) is 0 Å². The number of allylic oxidation sites excluding steroid dienone is 1. The highest BCUT2D eigenvalue weighted by Gasteiger charge is 1.84. The lowest BCUT2D eigenvalue weighted by molar-refractivity contribution is -0.116. The number of hydrogen-bond donors (Lipinski definition) is 1. The van der Waals surface area contributed by atoms with Crippen molar-refractivity contribution in [3.63, 3.8) is 0 Å². The fourth-order valence-corrected chi connectivity index (χ4v) is 0.267. The summed E-state index contributed by atoms with van der Waals surface area (Å²) in [5, 5.41) is 3.15. The van der Waals surface area contributed by atoms with Crippen LogP contribution in [0.5, 0.6) is 0 Å². The zero-order valence-corrected chi connectivity index (χ0v) is 4.72. The second-order valence-corrected chi connectivity index (χ2v) is 1.13. The summed E-state index contributed by atoms with van der Waals surface area (Å²) in [5.74, 6) is -0.248. The Morgan fingerprint density at radius 3 is 2.88 bits per heavy atom. The van der Waals surface area contributed by atoms with Crippen molar-refractivity contribution >= 4 is 12.6 Å². The summed E-state index contributed by atoms with van der Waals surface area (Å²) in [4.78, 5) is 10.3. The minimum atomic E-state index is -0.248. The highest BCUT2D eigenvalue weighted by Crippen LogP contribution is 1.68. The quantitative estimate of drug-likeness (QED) is 0.311. The van der Waals surface area contributed by atoms with Gasteiger partial charge in [-0.05, 0) is 6.92 Å². The normalized spacial score (nSPS) is 9.12. The van der Waals surface area contributed by atoms with Gasteiger partial charge in [-0.3, -0.25) is 4.79 Å². The average Bonchev–Trinajstić information content (AvgIpc) is 1.68. The summed E-state index contributed by atoms with van der Waals surface area (Å²) >= 11 is 0. The van der Waals surface area contributed by atoms with Gasteiger partial charge in [-0.2, -0.15) is 5.10 Å². The molecule has 3 heteroatoms. The molecule has 0 aromatic carbocycles. The van der Waals surface area contributed by atoms with Gasteiger partial charge < -0.3 is 0 Å². The van der Waals surface area contributed by atoms with Gasteiger partial charge in [0.25, 0.3) is 5.91 Å². The number of hydrazone groups is 1. The number of nitrogens with zero attached hydrogens (tertiary/aromatic N) is 1. The van der Waals surface area contributed by atoms with Crippen LogP contribution in [0, 0.1) is 0 Å². The molecule has 44 valence electrons. The van der Waals surface area contributed by atoms with Crippen LogP contribution in [0.4, 0.5) is 0 Å². The third-order valence-corrected chi connectivity index (χ3v) is 0.507. The van der Waals surface area contributed by atoms with Crippen molar-refractivity contribution < 1.29 is 4.79 Å². The molecule has 0 aliphatic rings. The van der Waals surface area contributed by atoms with E-state index < -0.39 is 0 Å². The molecule has 0 atom stereocenters. The Morgan fingerprint density at radius 2 is 2.50 bits per heavy atom. The Balaban J connectivity index is 3.48. The van der Waals surface area contributed by atoms with E-state index >= 15 is 0 Å². The molecular formula is C5H8N2O. The maximum atomic E-state index is 10.3. The van der Waals surface area contributed by atoms with E-state index in [-0.39, 0.29) is 5.91 Å². The second-order valence-electron chi connectivity index (χ2n) is 1.13. The van der Waals surface area contributed by atoms with Crippen LogP contribution in [0.2, 0.25) is 0 Å². The van der Waals surface area contributed by atoms with Gasteiger partial charge in [-0.1, -0.05) is 6.08 Å². The van der Waals surface area contributed by atoms with Crippen LogP contribution < -0.4 is 5.43 Å². The summed E-state index contributed by atoms with van der Waals surface area (Å²) < 4.78 is 0. The number of carbonyl (C=O) groups is 1. The lowest BCUT2D eigenvalue weighted by Crippen LogP contribution is -2.12. The average molecular weight is 112 g/mol. The predicted octanol–water partition coefficient (Wildman–Crippen LogP) is 0.294. The Bertz CT molecular complexity index is 118. The number of carbonyl (C=O) groups excluding carboxylic acids is 1. The van der Waals surface area contributed by atoms with E-state index in [1.807, 2.05) is 0 Å². The van der Waals surface area contributed by atoms with Crippen LogP contribution in [-0.4, -0.2) is 12.6 Å². The number of nitrogens with one attached hydrogen (secondary N) is 1. The maximum Gasteiger partial charge on any atom is 0.263 e. The summed E-state index contributed by atoms with van der Waals surface area (Å²) in [6.45, 7) is 4.82. The molecule has 0 fully saturated rings. The monoisotopic (exact) mass is 112 g/mol. The zero-order valence-electron chi connectivity index (χ0n) is 4.72. The summed E-state index contributed by atoms with van der Waals surface area (Å²) in [5.41, 5.74) is 2.13. The fourth-order valence-electron chi connectivity index (χ4n) is 0.267. The van der Waals surface area contributed by atoms with Crippen LogP contribution >= 0.6 is 0 Å². The van der Waals surface area contributed by atoms with Crippen molar-refractivity contribution in [2.75, 3.05) is 0 Å². The molecule has 0 bridgehead atoms. The molecule has 3 nitrogen and oxygen atoms in total. The molecule has 0 spiro atoms. The molecular weight excluding hydrogens is 104 g/mol. The lowest BCUT2D eigenvalue weighted by Gasteiger charge is -1.86. The first-order valence-electron chi connectivity index (χ1n) is 2.19. The highest BCUT2D eigenvalue weighted by atomic mass is 16.2. The van der Waals surface area contributed by atoms with E-state index in [1.54, 1.807) is 13.0 Å². The van der Waals surface area contributed by atoms with E-state index in [1.165, 1.54) is 6.08 Å². The molecule has 0 saturated carbocycles. The molecule has 0 aliphatic heterocycles. The van der Waals surface area contributed by atoms with Gasteiger partial charge in [-0.15, -0.1) is 0 Å². The SMILES string of the molecule is C=NNC(=O)/C=C\C. The lowest BCUT2D eigenvalue weighted by atomic mass is 10.5. The predicted molar refractivity (Wildman–Crippen MR) is 32.5 cm³/mol. The van der Waals surface area contributed by atoms with Crippen molar-refractivity contribution in [2.24, 2.45) is 5.10 Å². The molecule has 0 aliphatic carbocycles. The van der Waals surface area contributed by atoms with Crippen LogP contribution in [0.3, 0.4) is 0 Å². The Hall–Kier alpha value is -1.12. The number of amides is 1. The Kier molecular flexibility index (Phi) is 3.48. The molecule has 1 N–H and O–H groups in total. The van der Waals surface area contributed by atoms with Gasteiger partial charge in [-0.25, -0.2) is 5.43 Å². The minimum Gasteiger partial charge on any atom is -0.268 e. The number of rotatable bonds is 2. The first-order chi connectivity index (χ1) is 3.81. The van der Waals surface area contributed by atoms with Crippen molar-refractivity contribution in [1.82, 2.24) is 5.43 Å². The first-order valence-corrected chi connectivity index (χ1v) is 2.19. The van der Waals surface area contributed by atoms with E-state index in [9.17, 15) is 4.79 Å². The van der Waals surface area contributed by atoms with Gasteiger partial charge in [0.15, 0.2) is 0 Å². The molecule has 0 rings (SSSR count). The van der Waals surface area contributed by atoms with E-state index in [0.29, 0.717) is 0 Å². The van der Waals surface area contributed by atoms with Crippen LogP contribution in [0.15, 0.2) is 17.3 Å². The largest absolute Gasteiger partial charge is 0.268 e. The molecule has 0 heterocycles. The maximum absolute atomic E-state index is 10.3. The summed E-state index contributed by atoms with van der Waals surface area (Å²) in [6, 6.07) is 0. The van der Waals surface area contributed by atoms with Crippen molar-refractivity contribution in [1.29, 1.82) is 0 Å². The third-order valence-electron chi connectivity index (χ3n) is 0.507. The smallest absolute Gasteiger partial charge is 0.263 e. The standard InChI is InChI=1S/C5H8N2O/c1-3-4-5(8)7-6-2/h3-4H,2H2,1H3,(H,7,8)/b4-3-. The van der Waals surface area contributed by atoms with Gasteiger partial charge in [0, 0.05) is 12.8 Å². The van der Waals surface area contributed by atoms with Gasteiger partial charge in [0.2, 0.25) is 0 Å². The number of hydrogen-bond acceptors (Lipinski definition) is 2. The second kappa shape index (κ2) is 4.05. The van der Waals surface area contributed by atoms with Crippen LogP contribution in [0.1, 0.15) is 6.92 Å². The summed E-state index contributed by atoms with van der Waals surface area (Å²) in [7, 11) is 0. The highest BCUT2D eigenvalue weighted by molar-refractivity contribution is 5.87. The molecule has 1 amide bonds. The van der Waals surface area contributed by atoms with Crippen molar-refractivity contribution in [2.45, 2.75) is 6.92 Å². The van der Waals surface area contributed by atoms with E-state index in [4.69, 9.17) is 0 Å². The van der Waals surface area contributed by atoms with E-state index in [0.717, 1.165) is 0 Å². The third kappa shape index (κ3) is 3.08. The molecule has 0 saturated heterocycles. The minimum absolute atomic E-state index is 0.248. The first kappa shape index (κ1) is 6.88. The van der Waals surface area contributed by atoms with Gasteiger partial charge in [0.1, 0.15) is 0 Å². The topological polar surface area (TPSA) is 41.5 Å². The van der Waals surface area contributed by atoms with Gasteiger partial charge >= 0.3 is 0 Å². The van der Waals surface area contributed by atoms with Gasteiger partial charge in [0.05, 0.1) is 0 Å². The fraction of sp³-hybridized carbons (Fsp3) is 0.200. The van der Waals surface area contributed by atoms with Crippen molar-refractivity contribution in [3.8, 4) is 0 Å². The Labute approximate surface area is 48.1 Å². The summed E-state index contributed by atoms with van der Waals surface area (Å²) in [6.07, 6.45) is 3.00. The molecule has 0 aromatic rings. The molecule has 0 unspecified atom stereocenters. The van der Waals surface area contributed by atoms with Crippen molar-refractivity contribution in [3.05, 3.63) is 12.2 Å². The van der Waals surface area contributed by atoms with Crippen LogP contribution in [-0.2, 0) is 4.79 Å².